The Morgan fingerprint density at radius 1 is 1.40 bits per heavy atom. The van der Waals surface area contributed by atoms with Crippen LogP contribution in [0.1, 0.15) is 38.3 Å². The van der Waals surface area contributed by atoms with Crippen molar-refractivity contribution < 1.29 is 5.11 Å². The monoisotopic (exact) mass is 275 g/mol. The van der Waals surface area contributed by atoms with E-state index in [9.17, 15) is 0 Å². The van der Waals surface area contributed by atoms with Crippen LogP contribution in [0.25, 0.3) is 5.69 Å². The fraction of sp³-hybridized carbons (Fsp3) is 0.500. The molecule has 2 N–H and O–H groups in total. The standard InChI is InChI=1S/C14H21N5O/c1-3-13(7-8-20)16-11(2)12-5-4-6-14(9-12)19-10-15-17-18-19/h4-6,9-11,13,16,20H,3,7-8H2,1-2H3. The third kappa shape index (κ3) is 3.61. The third-order valence-corrected chi connectivity index (χ3v) is 3.44. The molecule has 1 aromatic carbocycles. The highest BCUT2D eigenvalue weighted by atomic mass is 16.3. The number of nitrogens with one attached hydrogen (secondary N) is 1. The summed E-state index contributed by atoms with van der Waals surface area (Å²) >= 11 is 0. The van der Waals surface area contributed by atoms with Crippen LogP contribution in [0.5, 0.6) is 0 Å². The molecule has 0 aliphatic heterocycles. The number of aliphatic hydroxyl groups is 1. The van der Waals surface area contributed by atoms with Gasteiger partial charge in [0.15, 0.2) is 0 Å². The van der Waals surface area contributed by atoms with Gasteiger partial charge >= 0.3 is 0 Å². The summed E-state index contributed by atoms with van der Waals surface area (Å²) in [4.78, 5) is 0. The highest BCUT2D eigenvalue weighted by Gasteiger charge is 2.12. The lowest BCUT2D eigenvalue weighted by Gasteiger charge is -2.22. The Morgan fingerprint density at radius 2 is 2.25 bits per heavy atom. The molecule has 6 heteroatoms. The number of tetrazole rings is 1. The highest BCUT2D eigenvalue weighted by molar-refractivity contribution is 5.35. The maximum absolute atomic E-state index is 9.05. The van der Waals surface area contributed by atoms with E-state index in [2.05, 4.69) is 46.8 Å². The molecule has 0 aliphatic carbocycles. The summed E-state index contributed by atoms with van der Waals surface area (Å²) < 4.78 is 1.64. The molecule has 20 heavy (non-hydrogen) atoms. The summed E-state index contributed by atoms with van der Waals surface area (Å²) in [6.07, 6.45) is 3.35. The SMILES string of the molecule is CCC(CCO)NC(C)c1cccc(-n2cnnn2)c1. The molecule has 0 amide bonds. The molecule has 6 nitrogen and oxygen atoms in total. The maximum Gasteiger partial charge on any atom is 0.143 e. The van der Waals surface area contributed by atoms with E-state index in [-0.39, 0.29) is 12.6 Å². The van der Waals surface area contributed by atoms with Gasteiger partial charge in [0.1, 0.15) is 6.33 Å². The fourth-order valence-electron chi connectivity index (χ4n) is 2.23. The normalized spacial score (nSPS) is 14.2. The van der Waals surface area contributed by atoms with Crippen LogP contribution in [0.4, 0.5) is 0 Å². The van der Waals surface area contributed by atoms with Crippen molar-refractivity contribution >= 4 is 0 Å². The molecule has 0 spiro atoms. The van der Waals surface area contributed by atoms with Crippen LogP contribution in [0, 0.1) is 0 Å². The minimum absolute atomic E-state index is 0.211. The predicted octanol–water partition coefficient (Wildman–Crippen LogP) is 1.47. The van der Waals surface area contributed by atoms with Crippen LogP contribution in [0.2, 0.25) is 0 Å². The summed E-state index contributed by atoms with van der Waals surface area (Å²) in [5.41, 5.74) is 2.12. The van der Waals surface area contributed by atoms with Gasteiger partial charge in [-0.2, -0.15) is 0 Å². The van der Waals surface area contributed by atoms with Crippen molar-refractivity contribution in [1.82, 2.24) is 25.5 Å². The zero-order chi connectivity index (χ0) is 14.4. The summed E-state index contributed by atoms with van der Waals surface area (Å²) in [5.74, 6) is 0. The lowest BCUT2D eigenvalue weighted by Crippen LogP contribution is -2.31. The third-order valence-electron chi connectivity index (χ3n) is 3.44. The Kier molecular flexibility index (Phi) is 5.20. The van der Waals surface area contributed by atoms with Gasteiger partial charge in [-0.1, -0.05) is 19.1 Å². The van der Waals surface area contributed by atoms with E-state index in [1.54, 1.807) is 11.0 Å². The zero-order valence-corrected chi connectivity index (χ0v) is 11.9. The van der Waals surface area contributed by atoms with Crippen molar-refractivity contribution in [2.45, 2.75) is 38.8 Å². The quantitative estimate of drug-likeness (QED) is 0.800. The van der Waals surface area contributed by atoms with E-state index in [0.717, 1.165) is 18.5 Å². The topological polar surface area (TPSA) is 75.9 Å². The van der Waals surface area contributed by atoms with Crippen molar-refractivity contribution in [3.63, 3.8) is 0 Å². The van der Waals surface area contributed by atoms with Gasteiger partial charge in [-0.25, -0.2) is 4.68 Å². The Bertz CT molecular complexity index is 514. The van der Waals surface area contributed by atoms with Crippen LogP contribution < -0.4 is 5.32 Å². The van der Waals surface area contributed by atoms with Gasteiger partial charge in [0.2, 0.25) is 0 Å². The minimum Gasteiger partial charge on any atom is -0.396 e. The first kappa shape index (κ1) is 14.6. The van der Waals surface area contributed by atoms with Crippen LogP contribution >= 0.6 is 0 Å². The van der Waals surface area contributed by atoms with E-state index >= 15 is 0 Å². The molecule has 108 valence electrons. The molecular formula is C14H21N5O. The van der Waals surface area contributed by atoms with Crippen LogP contribution in [-0.2, 0) is 0 Å². The molecule has 1 aromatic heterocycles. The number of rotatable bonds is 7. The first-order chi connectivity index (χ1) is 9.74. The number of hydrogen-bond acceptors (Lipinski definition) is 5. The van der Waals surface area contributed by atoms with Crippen LogP contribution in [0.15, 0.2) is 30.6 Å². The molecule has 2 atom stereocenters. The predicted molar refractivity (Wildman–Crippen MR) is 76.5 cm³/mol. The highest BCUT2D eigenvalue weighted by Crippen LogP contribution is 2.17. The summed E-state index contributed by atoms with van der Waals surface area (Å²) in [5, 5.41) is 23.8. The number of hydrogen-bond donors (Lipinski definition) is 2. The second-order valence-electron chi connectivity index (χ2n) is 4.86. The summed E-state index contributed by atoms with van der Waals surface area (Å²) in [6, 6.07) is 8.65. The maximum atomic E-state index is 9.05. The van der Waals surface area contributed by atoms with Crippen molar-refractivity contribution in [2.75, 3.05) is 6.61 Å². The number of nitrogens with zero attached hydrogens (tertiary/aromatic N) is 4. The molecule has 0 saturated carbocycles. The smallest absolute Gasteiger partial charge is 0.143 e. The van der Waals surface area contributed by atoms with Gasteiger partial charge in [0.25, 0.3) is 0 Å². The molecule has 0 radical (unpaired) electrons. The largest absolute Gasteiger partial charge is 0.396 e. The Morgan fingerprint density at radius 3 is 2.90 bits per heavy atom. The van der Waals surface area contributed by atoms with Gasteiger partial charge < -0.3 is 10.4 Å². The average Bonchev–Trinajstić information content (AvgIpc) is 3.01. The van der Waals surface area contributed by atoms with Gasteiger partial charge in [-0.15, -0.1) is 5.10 Å². The van der Waals surface area contributed by atoms with Crippen LogP contribution in [0.3, 0.4) is 0 Å². The van der Waals surface area contributed by atoms with Crippen LogP contribution in [-0.4, -0.2) is 38.0 Å². The van der Waals surface area contributed by atoms with E-state index in [1.165, 1.54) is 5.56 Å². The Balaban J connectivity index is 2.10. The molecular weight excluding hydrogens is 254 g/mol. The van der Waals surface area contributed by atoms with E-state index < -0.39 is 0 Å². The molecule has 0 fully saturated rings. The lowest BCUT2D eigenvalue weighted by atomic mass is 10.0. The van der Waals surface area contributed by atoms with E-state index in [1.807, 2.05) is 12.1 Å². The average molecular weight is 275 g/mol. The van der Waals surface area contributed by atoms with Gasteiger partial charge in [-0.05, 0) is 47.9 Å². The number of benzene rings is 1. The molecule has 2 aromatic rings. The van der Waals surface area contributed by atoms with E-state index in [4.69, 9.17) is 5.11 Å². The molecule has 2 unspecified atom stereocenters. The molecule has 0 aliphatic rings. The van der Waals surface area contributed by atoms with Gasteiger partial charge in [0, 0.05) is 18.7 Å². The minimum atomic E-state index is 0.211. The van der Waals surface area contributed by atoms with E-state index in [0.29, 0.717) is 6.04 Å². The van der Waals surface area contributed by atoms with Crippen molar-refractivity contribution in [3.8, 4) is 5.69 Å². The second kappa shape index (κ2) is 7.12. The fourth-order valence-corrected chi connectivity index (χ4v) is 2.23. The second-order valence-corrected chi connectivity index (χ2v) is 4.86. The summed E-state index contributed by atoms with van der Waals surface area (Å²) in [6.45, 7) is 4.46. The lowest BCUT2D eigenvalue weighted by molar-refractivity contribution is 0.257. The van der Waals surface area contributed by atoms with Crippen molar-refractivity contribution in [2.24, 2.45) is 0 Å². The molecule has 1 heterocycles. The zero-order valence-electron chi connectivity index (χ0n) is 11.9. The van der Waals surface area contributed by atoms with Crippen molar-refractivity contribution in [1.29, 1.82) is 0 Å². The first-order valence-electron chi connectivity index (χ1n) is 6.94. The number of aliphatic hydroxyl groups excluding tert-OH is 1. The van der Waals surface area contributed by atoms with Gasteiger partial charge in [0.05, 0.1) is 5.69 Å². The molecule has 0 bridgehead atoms. The summed E-state index contributed by atoms with van der Waals surface area (Å²) in [7, 11) is 0. The Labute approximate surface area is 118 Å². The van der Waals surface area contributed by atoms with Crippen molar-refractivity contribution in [3.05, 3.63) is 36.2 Å². The van der Waals surface area contributed by atoms with Gasteiger partial charge in [-0.3, -0.25) is 0 Å². The number of aromatic nitrogens is 4. The molecule has 2 rings (SSSR count). The Hall–Kier alpha value is -1.79. The molecule has 0 saturated heterocycles. The first-order valence-corrected chi connectivity index (χ1v) is 6.94.